The Labute approximate surface area is 78.2 Å². The average molecular weight is 181 g/mol. The lowest BCUT2D eigenvalue weighted by molar-refractivity contribution is 0.276. The summed E-state index contributed by atoms with van der Waals surface area (Å²) in [7, 11) is 1.98. The molecule has 0 amide bonds. The monoisotopic (exact) mass is 181 g/mol. The second kappa shape index (κ2) is 4.77. The van der Waals surface area contributed by atoms with Crippen LogP contribution in [0.25, 0.3) is 0 Å². The first kappa shape index (κ1) is 9.92. The van der Waals surface area contributed by atoms with Gasteiger partial charge in [-0.25, -0.2) is 4.98 Å². The molecule has 0 unspecified atom stereocenters. The van der Waals surface area contributed by atoms with Gasteiger partial charge in [0.15, 0.2) is 0 Å². The summed E-state index contributed by atoms with van der Waals surface area (Å²) in [4.78, 5) is 10.3. The van der Waals surface area contributed by atoms with Crippen molar-refractivity contribution in [3.05, 3.63) is 18.1 Å². The predicted octanol–water partition coefficient (Wildman–Crippen LogP) is 0.815. The molecule has 0 aliphatic carbocycles. The number of hydrogen-bond donors (Lipinski definition) is 1. The number of aliphatic hydroxyl groups is 1. The zero-order valence-corrected chi connectivity index (χ0v) is 8.06. The first-order chi connectivity index (χ1) is 6.27. The summed E-state index contributed by atoms with van der Waals surface area (Å²) < 4.78 is 0. The van der Waals surface area contributed by atoms with Gasteiger partial charge in [0.1, 0.15) is 5.82 Å². The van der Waals surface area contributed by atoms with Crippen LogP contribution < -0.4 is 4.90 Å². The van der Waals surface area contributed by atoms with E-state index in [-0.39, 0.29) is 6.61 Å². The van der Waals surface area contributed by atoms with Crippen LogP contribution in [0.5, 0.6) is 0 Å². The van der Waals surface area contributed by atoms with Gasteiger partial charge in [-0.05, 0) is 6.42 Å². The second-order valence-corrected chi connectivity index (χ2v) is 2.95. The van der Waals surface area contributed by atoms with Gasteiger partial charge in [0.05, 0.1) is 24.7 Å². The minimum Gasteiger partial charge on any atom is -0.390 e. The molecule has 1 rings (SSSR count). The van der Waals surface area contributed by atoms with Crippen molar-refractivity contribution in [1.82, 2.24) is 9.97 Å². The van der Waals surface area contributed by atoms with E-state index < -0.39 is 0 Å². The summed E-state index contributed by atoms with van der Waals surface area (Å²) in [6.07, 6.45) is 4.36. The van der Waals surface area contributed by atoms with Crippen LogP contribution in [-0.4, -0.2) is 28.7 Å². The van der Waals surface area contributed by atoms with Crippen LogP contribution >= 0.6 is 0 Å². The van der Waals surface area contributed by atoms with Crippen molar-refractivity contribution in [3.8, 4) is 0 Å². The van der Waals surface area contributed by atoms with E-state index in [4.69, 9.17) is 5.11 Å². The third kappa shape index (κ3) is 2.66. The number of aromatic nitrogens is 2. The van der Waals surface area contributed by atoms with Crippen molar-refractivity contribution in [1.29, 1.82) is 0 Å². The molecule has 0 bridgehead atoms. The summed E-state index contributed by atoms with van der Waals surface area (Å²) in [5.41, 5.74) is 0.605. The van der Waals surface area contributed by atoms with Crippen molar-refractivity contribution < 1.29 is 5.11 Å². The largest absolute Gasteiger partial charge is 0.390 e. The highest BCUT2D eigenvalue weighted by molar-refractivity contribution is 5.34. The van der Waals surface area contributed by atoms with E-state index in [2.05, 4.69) is 16.9 Å². The fourth-order valence-corrected chi connectivity index (χ4v) is 1.08. The summed E-state index contributed by atoms with van der Waals surface area (Å²) in [5.74, 6) is 0.846. The summed E-state index contributed by atoms with van der Waals surface area (Å²) in [5, 5.41) is 8.75. The molecule has 1 heterocycles. The van der Waals surface area contributed by atoms with Crippen LogP contribution in [0.2, 0.25) is 0 Å². The topological polar surface area (TPSA) is 49.2 Å². The minimum atomic E-state index is -0.0508. The maximum Gasteiger partial charge on any atom is 0.146 e. The lowest BCUT2D eigenvalue weighted by Gasteiger charge is -2.16. The summed E-state index contributed by atoms with van der Waals surface area (Å²) in [6.45, 7) is 3.03. The molecule has 0 saturated carbocycles. The number of anilines is 1. The Morgan fingerprint density at radius 1 is 1.38 bits per heavy atom. The van der Waals surface area contributed by atoms with Crippen molar-refractivity contribution in [3.63, 3.8) is 0 Å². The Bertz CT molecular complexity index is 248. The van der Waals surface area contributed by atoms with Crippen LogP contribution in [0.3, 0.4) is 0 Å². The molecule has 0 atom stereocenters. The lowest BCUT2D eigenvalue weighted by atomic mass is 10.4. The maximum atomic E-state index is 8.75. The standard InChI is InChI=1S/C9H15N3O/c1-3-4-12(2)9-6-10-8(7-13)5-11-9/h5-6,13H,3-4,7H2,1-2H3. The average Bonchev–Trinajstić information content (AvgIpc) is 2.18. The lowest BCUT2D eigenvalue weighted by Crippen LogP contribution is -2.19. The molecule has 13 heavy (non-hydrogen) atoms. The van der Waals surface area contributed by atoms with Crippen molar-refractivity contribution in [2.24, 2.45) is 0 Å². The van der Waals surface area contributed by atoms with E-state index in [9.17, 15) is 0 Å². The third-order valence-corrected chi connectivity index (χ3v) is 1.80. The van der Waals surface area contributed by atoms with E-state index in [1.807, 2.05) is 11.9 Å². The Kier molecular flexibility index (Phi) is 3.64. The Morgan fingerprint density at radius 3 is 2.62 bits per heavy atom. The van der Waals surface area contributed by atoms with E-state index in [0.717, 1.165) is 18.8 Å². The molecule has 0 spiro atoms. The number of hydrogen-bond acceptors (Lipinski definition) is 4. The third-order valence-electron chi connectivity index (χ3n) is 1.80. The molecule has 0 aliphatic rings. The first-order valence-corrected chi connectivity index (χ1v) is 4.40. The maximum absolute atomic E-state index is 8.75. The zero-order chi connectivity index (χ0) is 9.68. The predicted molar refractivity (Wildman–Crippen MR) is 51.5 cm³/mol. The number of rotatable bonds is 4. The van der Waals surface area contributed by atoms with Gasteiger partial charge >= 0.3 is 0 Å². The quantitative estimate of drug-likeness (QED) is 0.747. The Balaban J connectivity index is 2.67. The molecular weight excluding hydrogens is 166 g/mol. The minimum absolute atomic E-state index is 0.0508. The van der Waals surface area contributed by atoms with Crippen LogP contribution in [0.1, 0.15) is 19.0 Å². The van der Waals surface area contributed by atoms with Crippen molar-refractivity contribution in [2.75, 3.05) is 18.5 Å². The fraction of sp³-hybridized carbons (Fsp3) is 0.556. The number of nitrogens with zero attached hydrogens (tertiary/aromatic N) is 3. The zero-order valence-electron chi connectivity index (χ0n) is 8.06. The molecular formula is C9H15N3O. The highest BCUT2D eigenvalue weighted by atomic mass is 16.3. The van der Waals surface area contributed by atoms with E-state index in [1.165, 1.54) is 0 Å². The van der Waals surface area contributed by atoms with Gasteiger partial charge < -0.3 is 10.0 Å². The molecule has 0 aromatic carbocycles. The molecule has 1 N–H and O–H groups in total. The Morgan fingerprint density at radius 2 is 2.15 bits per heavy atom. The Hall–Kier alpha value is -1.16. The molecule has 1 aromatic rings. The van der Waals surface area contributed by atoms with Crippen LogP contribution in [-0.2, 0) is 6.61 Å². The molecule has 0 aliphatic heterocycles. The molecule has 0 saturated heterocycles. The molecule has 4 heteroatoms. The smallest absolute Gasteiger partial charge is 0.146 e. The summed E-state index contributed by atoms with van der Waals surface area (Å²) >= 11 is 0. The van der Waals surface area contributed by atoms with E-state index in [1.54, 1.807) is 12.4 Å². The SMILES string of the molecule is CCCN(C)c1cnc(CO)cn1. The van der Waals surface area contributed by atoms with Crippen LogP contribution in [0, 0.1) is 0 Å². The molecule has 1 aromatic heterocycles. The fourth-order valence-electron chi connectivity index (χ4n) is 1.08. The van der Waals surface area contributed by atoms with Gasteiger partial charge in [-0.2, -0.15) is 0 Å². The normalized spacial score (nSPS) is 10.1. The highest BCUT2D eigenvalue weighted by Crippen LogP contribution is 2.06. The van der Waals surface area contributed by atoms with Gasteiger partial charge in [0, 0.05) is 13.6 Å². The van der Waals surface area contributed by atoms with E-state index in [0.29, 0.717) is 5.69 Å². The molecule has 4 nitrogen and oxygen atoms in total. The summed E-state index contributed by atoms with van der Waals surface area (Å²) in [6, 6.07) is 0. The highest BCUT2D eigenvalue weighted by Gasteiger charge is 2.00. The van der Waals surface area contributed by atoms with Gasteiger partial charge in [-0.3, -0.25) is 4.98 Å². The van der Waals surface area contributed by atoms with E-state index >= 15 is 0 Å². The van der Waals surface area contributed by atoms with Gasteiger partial charge in [-0.1, -0.05) is 6.92 Å². The van der Waals surface area contributed by atoms with Crippen LogP contribution in [0.15, 0.2) is 12.4 Å². The van der Waals surface area contributed by atoms with Gasteiger partial charge in [-0.15, -0.1) is 0 Å². The molecule has 0 radical (unpaired) electrons. The molecule has 72 valence electrons. The van der Waals surface area contributed by atoms with Gasteiger partial charge in [0.2, 0.25) is 0 Å². The molecule has 0 fully saturated rings. The van der Waals surface area contributed by atoms with Crippen molar-refractivity contribution >= 4 is 5.82 Å². The number of aliphatic hydroxyl groups excluding tert-OH is 1. The van der Waals surface area contributed by atoms with Crippen LogP contribution in [0.4, 0.5) is 5.82 Å². The first-order valence-electron chi connectivity index (χ1n) is 4.40. The van der Waals surface area contributed by atoms with Gasteiger partial charge in [0.25, 0.3) is 0 Å². The van der Waals surface area contributed by atoms with Crippen molar-refractivity contribution in [2.45, 2.75) is 20.0 Å². The second-order valence-electron chi connectivity index (χ2n) is 2.95.